The summed E-state index contributed by atoms with van der Waals surface area (Å²) in [5, 5.41) is 9.56. The number of hydrogen-bond acceptors (Lipinski definition) is 5. The van der Waals surface area contributed by atoms with Gasteiger partial charge in [-0.15, -0.1) is 10.2 Å². The fraction of sp³-hybridized carbons (Fsp3) is 0.348. The molecule has 0 spiro atoms. The third kappa shape index (κ3) is 4.74. The Hall–Kier alpha value is -2.64. The van der Waals surface area contributed by atoms with Crippen molar-refractivity contribution in [2.75, 3.05) is 25.4 Å². The first kappa shape index (κ1) is 20.6. The van der Waals surface area contributed by atoms with Crippen LogP contribution in [0.5, 0.6) is 0 Å². The van der Waals surface area contributed by atoms with Gasteiger partial charge in [-0.3, -0.25) is 9.36 Å². The summed E-state index contributed by atoms with van der Waals surface area (Å²) < 4.78 is 7.71. The summed E-state index contributed by atoms with van der Waals surface area (Å²) in [6, 6.07) is 20.0. The quantitative estimate of drug-likeness (QED) is 0.538. The molecular weight excluding hydrogens is 396 g/mol. The van der Waals surface area contributed by atoms with Gasteiger partial charge < -0.3 is 9.64 Å². The molecule has 1 saturated heterocycles. The minimum atomic E-state index is 0.138. The molecule has 7 heteroatoms. The first-order valence-electron chi connectivity index (χ1n) is 10.3. The molecule has 2 aromatic carbocycles. The van der Waals surface area contributed by atoms with Crippen LogP contribution >= 0.6 is 11.8 Å². The number of ether oxygens (including phenoxy) is 1. The van der Waals surface area contributed by atoms with Crippen LogP contribution < -0.4 is 0 Å². The Morgan fingerprint density at radius 2 is 1.70 bits per heavy atom. The summed E-state index contributed by atoms with van der Waals surface area (Å²) in [4.78, 5) is 14.7. The summed E-state index contributed by atoms with van der Waals surface area (Å²) in [6.45, 7) is 4.25. The van der Waals surface area contributed by atoms with Crippen molar-refractivity contribution in [1.82, 2.24) is 19.7 Å². The van der Waals surface area contributed by atoms with E-state index in [4.69, 9.17) is 4.74 Å². The monoisotopic (exact) mass is 422 g/mol. The molecule has 6 nitrogen and oxygen atoms in total. The van der Waals surface area contributed by atoms with Gasteiger partial charge in [-0.1, -0.05) is 60.3 Å². The van der Waals surface area contributed by atoms with Gasteiger partial charge in [0.15, 0.2) is 11.0 Å². The zero-order valence-electron chi connectivity index (χ0n) is 17.1. The van der Waals surface area contributed by atoms with E-state index in [-0.39, 0.29) is 12.0 Å². The lowest BCUT2D eigenvalue weighted by Crippen LogP contribution is -2.41. The van der Waals surface area contributed by atoms with E-state index in [9.17, 15) is 4.79 Å². The van der Waals surface area contributed by atoms with Crippen molar-refractivity contribution in [3.8, 4) is 17.1 Å². The maximum Gasteiger partial charge on any atom is 0.233 e. The summed E-state index contributed by atoms with van der Waals surface area (Å²) >= 11 is 1.44. The van der Waals surface area contributed by atoms with E-state index in [0.717, 1.165) is 54.8 Å². The zero-order valence-corrected chi connectivity index (χ0v) is 17.9. The Balaban J connectivity index is 1.49. The molecule has 1 aromatic heterocycles. The maximum atomic E-state index is 12.8. The molecule has 30 heavy (non-hydrogen) atoms. The molecular formula is C23H26N4O2S. The van der Waals surface area contributed by atoms with E-state index < -0.39 is 0 Å². The Labute approximate surface area is 181 Å². The van der Waals surface area contributed by atoms with Crippen LogP contribution in [-0.2, 0) is 9.53 Å². The molecule has 1 amide bonds. The number of benzene rings is 2. The molecule has 2 heterocycles. The average molecular weight is 423 g/mol. The van der Waals surface area contributed by atoms with Crippen molar-refractivity contribution in [1.29, 1.82) is 0 Å². The van der Waals surface area contributed by atoms with Crippen molar-refractivity contribution in [3.63, 3.8) is 0 Å². The molecule has 1 aliphatic heterocycles. The van der Waals surface area contributed by atoms with Gasteiger partial charge >= 0.3 is 0 Å². The predicted octanol–water partition coefficient (Wildman–Crippen LogP) is 4.05. The van der Waals surface area contributed by atoms with E-state index in [1.54, 1.807) is 0 Å². The number of rotatable bonds is 7. The van der Waals surface area contributed by atoms with Crippen molar-refractivity contribution in [2.45, 2.75) is 31.0 Å². The van der Waals surface area contributed by atoms with E-state index >= 15 is 0 Å². The Morgan fingerprint density at radius 1 is 1.03 bits per heavy atom. The van der Waals surface area contributed by atoms with Crippen LogP contribution in [0.1, 0.15) is 19.8 Å². The second-order valence-corrected chi connectivity index (χ2v) is 8.11. The molecule has 3 aromatic rings. The highest BCUT2D eigenvalue weighted by Gasteiger charge is 2.24. The van der Waals surface area contributed by atoms with Gasteiger partial charge in [0.2, 0.25) is 5.91 Å². The lowest BCUT2D eigenvalue weighted by atomic mass is 10.1. The summed E-state index contributed by atoms with van der Waals surface area (Å²) in [5.74, 6) is 1.26. The maximum absolute atomic E-state index is 12.8. The van der Waals surface area contributed by atoms with Crippen molar-refractivity contribution < 1.29 is 9.53 Å². The van der Waals surface area contributed by atoms with E-state index in [2.05, 4.69) is 10.2 Å². The lowest BCUT2D eigenvalue weighted by Gasteiger charge is -2.31. The second kappa shape index (κ2) is 9.91. The number of nitrogens with zero attached hydrogens (tertiary/aromatic N) is 4. The van der Waals surface area contributed by atoms with Crippen molar-refractivity contribution in [3.05, 3.63) is 60.7 Å². The summed E-state index contributed by atoms with van der Waals surface area (Å²) in [6.07, 6.45) is 2.09. The fourth-order valence-electron chi connectivity index (χ4n) is 3.67. The number of thioether (sulfide) groups is 1. The summed E-state index contributed by atoms with van der Waals surface area (Å²) in [5.41, 5.74) is 1.97. The topological polar surface area (TPSA) is 60.2 Å². The Kier molecular flexibility index (Phi) is 6.81. The second-order valence-electron chi connectivity index (χ2n) is 7.17. The van der Waals surface area contributed by atoms with Crippen LogP contribution in [0.2, 0.25) is 0 Å². The van der Waals surface area contributed by atoms with Gasteiger partial charge in [0.1, 0.15) is 0 Å². The zero-order chi connectivity index (χ0) is 20.8. The van der Waals surface area contributed by atoms with Crippen molar-refractivity contribution >= 4 is 17.7 Å². The van der Waals surface area contributed by atoms with Crippen LogP contribution in [-0.4, -0.2) is 57.1 Å². The smallest absolute Gasteiger partial charge is 0.233 e. The number of para-hydroxylation sites is 1. The SMILES string of the molecule is CCOC1CCN(C(=O)CSc2nnc(-c3ccccc3)n2-c2ccccc2)CC1. The molecule has 0 unspecified atom stereocenters. The predicted molar refractivity (Wildman–Crippen MR) is 119 cm³/mol. The molecule has 0 atom stereocenters. The van der Waals surface area contributed by atoms with Gasteiger partial charge in [-0.2, -0.15) is 0 Å². The molecule has 0 saturated carbocycles. The highest BCUT2D eigenvalue weighted by molar-refractivity contribution is 7.99. The van der Waals surface area contributed by atoms with Gasteiger partial charge in [-0.05, 0) is 31.9 Å². The first-order valence-corrected chi connectivity index (χ1v) is 11.3. The van der Waals surface area contributed by atoms with Gasteiger partial charge in [0.05, 0.1) is 11.9 Å². The average Bonchev–Trinajstić information content (AvgIpc) is 3.23. The third-order valence-corrected chi connectivity index (χ3v) is 6.12. The van der Waals surface area contributed by atoms with Gasteiger partial charge in [0.25, 0.3) is 0 Å². The number of amides is 1. The van der Waals surface area contributed by atoms with E-state index in [0.29, 0.717) is 5.75 Å². The molecule has 0 radical (unpaired) electrons. The van der Waals surface area contributed by atoms with Crippen molar-refractivity contribution in [2.24, 2.45) is 0 Å². The molecule has 0 N–H and O–H groups in total. The highest BCUT2D eigenvalue weighted by Crippen LogP contribution is 2.28. The summed E-state index contributed by atoms with van der Waals surface area (Å²) in [7, 11) is 0. The minimum Gasteiger partial charge on any atom is -0.378 e. The Bertz CT molecular complexity index is 954. The van der Waals surface area contributed by atoms with Gasteiger partial charge in [0, 0.05) is 30.9 Å². The number of carbonyl (C=O) groups excluding carboxylic acids is 1. The number of aromatic nitrogens is 3. The first-order chi connectivity index (χ1) is 14.8. The van der Waals surface area contributed by atoms with Gasteiger partial charge in [-0.25, -0.2) is 0 Å². The third-order valence-electron chi connectivity index (χ3n) is 5.20. The number of piperidine rings is 1. The molecule has 1 aliphatic rings. The molecule has 0 bridgehead atoms. The molecule has 4 rings (SSSR count). The molecule has 156 valence electrons. The van der Waals surface area contributed by atoms with Crippen LogP contribution in [0.4, 0.5) is 0 Å². The standard InChI is InChI=1S/C23H26N4O2S/c1-2-29-20-13-15-26(16-14-20)21(28)17-30-23-25-24-22(18-9-5-3-6-10-18)27(23)19-11-7-4-8-12-19/h3-12,20H,2,13-17H2,1H3. The van der Waals surface area contributed by atoms with Crippen LogP contribution in [0, 0.1) is 0 Å². The largest absolute Gasteiger partial charge is 0.378 e. The van der Waals surface area contributed by atoms with Crippen LogP contribution in [0.25, 0.3) is 17.1 Å². The minimum absolute atomic E-state index is 0.138. The number of carbonyl (C=O) groups is 1. The van der Waals surface area contributed by atoms with Crippen LogP contribution in [0.3, 0.4) is 0 Å². The normalized spacial score (nSPS) is 14.8. The van der Waals surface area contributed by atoms with E-state index in [1.165, 1.54) is 11.8 Å². The van der Waals surface area contributed by atoms with Crippen LogP contribution in [0.15, 0.2) is 65.8 Å². The number of likely N-dealkylation sites (tertiary alicyclic amines) is 1. The highest BCUT2D eigenvalue weighted by atomic mass is 32.2. The Morgan fingerprint density at radius 3 is 2.37 bits per heavy atom. The molecule has 0 aliphatic carbocycles. The lowest BCUT2D eigenvalue weighted by molar-refractivity contribution is -0.130. The number of hydrogen-bond donors (Lipinski definition) is 0. The fourth-order valence-corrected chi connectivity index (χ4v) is 4.53. The van der Waals surface area contributed by atoms with E-state index in [1.807, 2.05) is 77.1 Å². The molecule has 1 fully saturated rings.